The van der Waals surface area contributed by atoms with Crippen LogP contribution in [0.25, 0.3) is 0 Å². The van der Waals surface area contributed by atoms with Crippen molar-refractivity contribution in [1.29, 1.82) is 5.53 Å². The maximum Gasteiger partial charge on any atom is 0.315 e. The molecule has 0 aliphatic carbocycles. The van der Waals surface area contributed by atoms with Crippen LogP contribution in [-0.4, -0.2) is 17.5 Å². The minimum Gasteiger partial charge on any atom is -0.355 e. The molecular weight excluding hydrogens is 126 g/mol. The van der Waals surface area contributed by atoms with E-state index in [2.05, 4.69) is 11.0 Å². The predicted octanol–water partition coefficient (Wildman–Crippen LogP) is -1.53. The first-order chi connectivity index (χ1) is 4.16. The highest BCUT2D eigenvalue weighted by molar-refractivity contribution is 5.71. The van der Waals surface area contributed by atoms with Crippen molar-refractivity contribution in [3.05, 3.63) is 0 Å². The summed E-state index contributed by atoms with van der Waals surface area (Å²) in [5.41, 5.74) is 12.5. The van der Waals surface area contributed by atoms with Crippen molar-refractivity contribution in [2.45, 2.75) is 6.35 Å². The molecule has 0 spiro atoms. The highest BCUT2D eigenvalue weighted by Crippen LogP contribution is 1.66. The van der Waals surface area contributed by atoms with Gasteiger partial charge in [0.15, 0.2) is 0 Å². The Hall–Kier alpha value is -1.37. The molecule has 0 aromatic rings. The van der Waals surface area contributed by atoms with Gasteiger partial charge in [0.1, 0.15) is 0 Å². The molecule has 1 atom stereocenters. The molecule has 0 aliphatic rings. The second-order valence-electron chi connectivity index (χ2n) is 1.15. The van der Waals surface area contributed by atoms with E-state index in [9.17, 15) is 4.79 Å². The summed E-state index contributed by atoms with van der Waals surface area (Å²) in [5, 5.41) is 12.9. The van der Waals surface area contributed by atoms with Gasteiger partial charge in [-0.05, 0) is 0 Å². The summed E-state index contributed by atoms with van der Waals surface area (Å²) in [4.78, 5) is 9.89. The maximum absolute atomic E-state index is 9.89. The quantitative estimate of drug-likeness (QED) is 0.182. The Balaban J connectivity index is 3.37. The standard InChI is InChI=1S/C2H7N5O2/c3-1(8)5-2(9)6-7-4/h2,9H,(H2,4,6)(H3,3,5,8). The molecule has 7 nitrogen and oxygen atoms in total. The highest BCUT2D eigenvalue weighted by atomic mass is 16.3. The van der Waals surface area contributed by atoms with Gasteiger partial charge in [-0.3, -0.25) is 5.32 Å². The molecule has 0 fully saturated rings. The first-order valence-electron chi connectivity index (χ1n) is 2.03. The number of nitrogens with two attached hydrogens (primary N) is 1. The zero-order valence-electron chi connectivity index (χ0n) is 4.46. The molecule has 6 N–H and O–H groups in total. The van der Waals surface area contributed by atoms with Gasteiger partial charge in [-0.15, -0.1) is 0 Å². The highest BCUT2D eigenvalue weighted by Gasteiger charge is 2.00. The van der Waals surface area contributed by atoms with Crippen molar-refractivity contribution in [2.75, 3.05) is 0 Å². The normalized spacial score (nSPS) is 11.7. The van der Waals surface area contributed by atoms with Crippen LogP contribution < -0.4 is 16.5 Å². The van der Waals surface area contributed by atoms with E-state index in [1.54, 1.807) is 0 Å². The molecule has 0 aromatic carbocycles. The summed E-state index contributed by atoms with van der Waals surface area (Å²) < 4.78 is 0. The fourth-order valence-corrected chi connectivity index (χ4v) is 0.228. The van der Waals surface area contributed by atoms with E-state index in [4.69, 9.17) is 10.6 Å². The molecule has 0 aromatic heterocycles. The van der Waals surface area contributed by atoms with Crippen molar-refractivity contribution >= 4 is 6.03 Å². The summed E-state index contributed by atoms with van der Waals surface area (Å²) in [7, 11) is 0. The summed E-state index contributed by atoms with van der Waals surface area (Å²) >= 11 is 0. The monoisotopic (exact) mass is 133 g/mol. The van der Waals surface area contributed by atoms with E-state index in [0.29, 0.717) is 0 Å². The molecule has 0 bridgehead atoms. The average molecular weight is 133 g/mol. The van der Waals surface area contributed by atoms with E-state index >= 15 is 0 Å². The molecule has 52 valence electrons. The minimum atomic E-state index is -1.39. The van der Waals surface area contributed by atoms with E-state index < -0.39 is 12.4 Å². The number of aliphatic hydroxyl groups is 1. The zero-order chi connectivity index (χ0) is 7.28. The first kappa shape index (κ1) is 7.63. The van der Waals surface area contributed by atoms with Crippen LogP contribution in [0.5, 0.6) is 0 Å². The lowest BCUT2D eigenvalue weighted by atomic mass is 10.9. The van der Waals surface area contributed by atoms with Crippen molar-refractivity contribution in [3.63, 3.8) is 0 Å². The van der Waals surface area contributed by atoms with Gasteiger partial charge in [0, 0.05) is 0 Å². The first-order valence-corrected chi connectivity index (χ1v) is 2.03. The van der Waals surface area contributed by atoms with Crippen LogP contribution in [0.3, 0.4) is 0 Å². The summed E-state index contributed by atoms with van der Waals surface area (Å²) in [6.07, 6.45) is -1.39. The number of nitrogens with one attached hydrogen (secondary N) is 3. The molecule has 0 radical (unpaired) electrons. The third-order valence-electron chi connectivity index (χ3n) is 0.466. The molecule has 2 amide bonds. The van der Waals surface area contributed by atoms with Crippen LogP contribution in [0.4, 0.5) is 4.79 Å². The summed E-state index contributed by atoms with van der Waals surface area (Å²) in [6, 6.07) is -0.890. The van der Waals surface area contributed by atoms with Crippen LogP contribution in [-0.2, 0) is 0 Å². The van der Waals surface area contributed by atoms with E-state index in [-0.39, 0.29) is 0 Å². The van der Waals surface area contributed by atoms with E-state index in [1.165, 1.54) is 0 Å². The molecule has 9 heavy (non-hydrogen) atoms. The minimum absolute atomic E-state index is 0.890. The van der Waals surface area contributed by atoms with Gasteiger partial charge in [-0.1, -0.05) is 5.22 Å². The smallest absolute Gasteiger partial charge is 0.315 e. The molecular formula is C2H7N5O2. The van der Waals surface area contributed by atoms with Crippen LogP contribution >= 0.6 is 0 Å². The number of carbonyl (C=O) groups excluding carboxylic acids is 1. The van der Waals surface area contributed by atoms with Gasteiger partial charge in [-0.25, -0.2) is 10.2 Å². The Kier molecular flexibility index (Phi) is 3.06. The van der Waals surface area contributed by atoms with Gasteiger partial charge in [-0.2, -0.15) is 5.53 Å². The number of carbonyl (C=O) groups is 1. The number of hydrogen-bond acceptors (Lipinski definition) is 4. The fourth-order valence-electron chi connectivity index (χ4n) is 0.228. The number of nitrogens with zero attached hydrogens (tertiary/aromatic N) is 1. The Morgan fingerprint density at radius 1 is 1.89 bits per heavy atom. The van der Waals surface area contributed by atoms with Crippen LogP contribution in [0.2, 0.25) is 0 Å². The van der Waals surface area contributed by atoms with Gasteiger partial charge < -0.3 is 10.8 Å². The van der Waals surface area contributed by atoms with E-state index in [1.807, 2.05) is 10.7 Å². The summed E-state index contributed by atoms with van der Waals surface area (Å²) in [6.45, 7) is 0. The lowest BCUT2D eigenvalue weighted by molar-refractivity contribution is 0.108. The average Bonchev–Trinajstić information content (AvgIpc) is 1.63. The predicted molar refractivity (Wildman–Crippen MR) is 27.0 cm³/mol. The number of primary amides is 1. The maximum atomic E-state index is 9.89. The number of rotatable bonds is 3. The van der Waals surface area contributed by atoms with Crippen molar-refractivity contribution in [2.24, 2.45) is 11.0 Å². The fraction of sp³-hybridized carbons (Fsp3) is 0.500. The van der Waals surface area contributed by atoms with Gasteiger partial charge >= 0.3 is 6.03 Å². The Morgan fingerprint density at radius 3 is 2.78 bits per heavy atom. The second kappa shape index (κ2) is 3.61. The molecule has 0 aliphatic heterocycles. The molecule has 7 heteroatoms. The lowest BCUT2D eigenvalue weighted by Crippen LogP contribution is -2.45. The van der Waals surface area contributed by atoms with Crippen LogP contribution in [0, 0.1) is 5.53 Å². The van der Waals surface area contributed by atoms with Crippen LogP contribution in [0.1, 0.15) is 0 Å². The van der Waals surface area contributed by atoms with Gasteiger partial charge in [0.05, 0.1) is 0 Å². The van der Waals surface area contributed by atoms with Crippen molar-refractivity contribution in [3.8, 4) is 0 Å². The largest absolute Gasteiger partial charge is 0.355 e. The topological polar surface area (TPSA) is 124 Å². The third kappa shape index (κ3) is 4.48. The molecule has 0 saturated heterocycles. The Labute approximate surface area is 50.7 Å². The second-order valence-corrected chi connectivity index (χ2v) is 1.15. The number of aliphatic hydroxyl groups excluding tert-OH is 1. The van der Waals surface area contributed by atoms with Gasteiger partial charge in [0.2, 0.25) is 6.35 Å². The number of hydrogen-bond donors (Lipinski definition) is 5. The number of urea groups is 1. The number of amides is 2. The van der Waals surface area contributed by atoms with Crippen LogP contribution in [0.15, 0.2) is 5.22 Å². The van der Waals surface area contributed by atoms with Crippen molar-refractivity contribution < 1.29 is 9.90 Å². The lowest BCUT2D eigenvalue weighted by Gasteiger charge is -2.06. The summed E-state index contributed by atoms with van der Waals surface area (Å²) in [5.74, 6) is 0. The molecule has 0 rings (SSSR count). The third-order valence-corrected chi connectivity index (χ3v) is 0.466. The SMILES string of the molecule is N=NNC(O)NC(N)=O. The Morgan fingerprint density at radius 2 is 2.44 bits per heavy atom. The van der Waals surface area contributed by atoms with Gasteiger partial charge in [0.25, 0.3) is 0 Å². The van der Waals surface area contributed by atoms with Crippen molar-refractivity contribution in [1.82, 2.24) is 10.7 Å². The molecule has 0 heterocycles. The molecule has 1 unspecified atom stereocenters. The Bertz CT molecular complexity index is 114. The zero-order valence-corrected chi connectivity index (χ0v) is 4.46. The molecule has 0 saturated carbocycles. The van der Waals surface area contributed by atoms with E-state index in [0.717, 1.165) is 0 Å².